The van der Waals surface area contributed by atoms with Crippen molar-refractivity contribution >= 4 is 18.6 Å². The zero-order chi connectivity index (χ0) is 18.7. The summed E-state index contributed by atoms with van der Waals surface area (Å²) in [7, 11) is 0. The summed E-state index contributed by atoms with van der Waals surface area (Å²) in [6.45, 7) is 1.34. The number of rotatable bonds is 3. The lowest BCUT2D eigenvalue weighted by atomic mass is 10.5. The van der Waals surface area contributed by atoms with Crippen molar-refractivity contribution in [1.82, 2.24) is 13.7 Å². The highest BCUT2D eigenvalue weighted by molar-refractivity contribution is 5.30. The molecule has 0 bridgehead atoms. The van der Waals surface area contributed by atoms with Gasteiger partial charge in [-0.15, -0.1) is 0 Å². The molecule has 1 aromatic heterocycles. The van der Waals surface area contributed by atoms with Crippen molar-refractivity contribution in [2.24, 2.45) is 0 Å². The monoisotopic (exact) mass is 357 g/mol. The van der Waals surface area contributed by atoms with E-state index in [1.807, 2.05) is 0 Å². The zero-order valence-corrected chi connectivity index (χ0v) is 11.8. The Morgan fingerprint density at radius 3 is 1.21 bits per heavy atom. The second-order valence-electron chi connectivity index (χ2n) is 4.15. The number of aromatic nitrogens is 3. The van der Waals surface area contributed by atoms with E-state index in [-0.39, 0.29) is 26.1 Å². The Bertz CT molecular complexity index is 802. The Balaban J connectivity index is 3.79. The lowest BCUT2D eigenvalue weighted by molar-refractivity contribution is -0.0801. The van der Waals surface area contributed by atoms with Crippen LogP contribution in [0.2, 0.25) is 0 Å². The molecule has 0 aliphatic rings. The van der Waals surface area contributed by atoms with Crippen molar-refractivity contribution in [2.75, 3.05) is 0 Å². The minimum atomic E-state index is -4.89. The van der Waals surface area contributed by atoms with Gasteiger partial charge >= 0.3 is 29.4 Å². The average molecular weight is 357 g/mol. The standard InChI is InChI=1S/C12H9F6N3O3/c1-2-5-19-8(22)20(6-3-11(13,14)15)10(24)21(9(19)23)7-4-12(16,17)18/h2-7H,1H3/b5-2+,6-3-,7-4+. The first kappa shape index (κ1) is 19.3. The van der Waals surface area contributed by atoms with Gasteiger partial charge in [0, 0.05) is 30.8 Å². The van der Waals surface area contributed by atoms with Gasteiger partial charge in [-0.05, 0) is 6.92 Å². The molecule has 6 nitrogen and oxygen atoms in total. The molecule has 0 atom stereocenters. The third kappa shape index (κ3) is 4.86. The summed E-state index contributed by atoms with van der Waals surface area (Å²) in [6.07, 6.45) is -8.77. The van der Waals surface area contributed by atoms with E-state index in [1.54, 1.807) is 0 Å². The van der Waals surface area contributed by atoms with Crippen LogP contribution in [0, 0.1) is 0 Å². The van der Waals surface area contributed by atoms with Crippen molar-refractivity contribution in [1.29, 1.82) is 0 Å². The summed E-state index contributed by atoms with van der Waals surface area (Å²) in [4.78, 5) is 35.6. The molecule has 132 valence electrons. The lowest BCUT2D eigenvalue weighted by Gasteiger charge is -2.07. The van der Waals surface area contributed by atoms with E-state index >= 15 is 0 Å². The summed E-state index contributed by atoms with van der Waals surface area (Å²) in [5, 5.41) is 0. The van der Waals surface area contributed by atoms with Crippen LogP contribution in [0.1, 0.15) is 6.92 Å². The molecule has 0 aliphatic carbocycles. The Labute approximate surface area is 128 Å². The molecule has 0 fully saturated rings. The summed E-state index contributed by atoms with van der Waals surface area (Å²) < 4.78 is 73.0. The van der Waals surface area contributed by atoms with Gasteiger partial charge in [0.05, 0.1) is 0 Å². The second-order valence-corrected chi connectivity index (χ2v) is 4.15. The molecular formula is C12H9F6N3O3. The predicted octanol–water partition coefficient (Wildman–Crippen LogP) is 1.73. The van der Waals surface area contributed by atoms with Gasteiger partial charge in [0.2, 0.25) is 0 Å². The third-order valence-electron chi connectivity index (χ3n) is 2.36. The smallest absolute Gasteiger partial charge is 0.247 e. The first-order valence-electron chi connectivity index (χ1n) is 6.02. The fourth-order valence-corrected chi connectivity index (χ4v) is 1.44. The number of halogens is 6. The van der Waals surface area contributed by atoms with E-state index in [0.29, 0.717) is 0 Å². The maximum Gasteiger partial charge on any atom is 0.411 e. The third-order valence-corrected chi connectivity index (χ3v) is 2.36. The Kier molecular flexibility index (Phi) is 5.43. The maximum absolute atomic E-state index is 12.2. The van der Waals surface area contributed by atoms with Gasteiger partial charge in [0.25, 0.3) is 0 Å². The van der Waals surface area contributed by atoms with Gasteiger partial charge in [-0.2, -0.15) is 26.3 Å². The largest absolute Gasteiger partial charge is 0.411 e. The highest BCUT2D eigenvalue weighted by Gasteiger charge is 2.24. The van der Waals surface area contributed by atoms with Gasteiger partial charge in [-0.25, -0.2) is 28.1 Å². The van der Waals surface area contributed by atoms with Gasteiger partial charge in [-0.3, -0.25) is 0 Å². The topological polar surface area (TPSA) is 66.0 Å². The molecule has 0 amide bonds. The molecule has 24 heavy (non-hydrogen) atoms. The molecular weight excluding hydrogens is 348 g/mol. The predicted molar refractivity (Wildman–Crippen MR) is 73.0 cm³/mol. The Morgan fingerprint density at radius 1 is 0.667 bits per heavy atom. The number of allylic oxidation sites excluding steroid dienone is 3. The van der Waals surface area contributed by atoms with Crippen LogP contribution >= 0.6 is 0 Å². The summed E-state index contributed by atoms with van der Waals surface area (Å²) in [6, 6.07) is 0. The molecule has 12 heteroatoms. The van der Waals surface area contributed by atoms with Crippen molar-refractivity contribution in [3.8, 4) is 0 Å². The van der Waals surface area contributed by atoms with Crippen LogP contribution in [-0.4, -0.2) is 26.1 Å². The second kappa shape index (κ2) is 6.76. The first-order chi connectivity index (χ1) is 10.9. The van der Waals surface area contributed by atoms with E-state index < -0.39 is 41.6 Å². The quantitative estimate of drug-likeness (QED) is 0.774. The van der Waals surface area contributed by atoms with Crippen molar-refractivity contribution < 1.29 is 26.3 Å². The summed E-state index contributed by atoms with van der Waals surface area (Å²) in [5.41, 5.74) is -4.63. The van der Waals surface area contributed by atoms with Crippen LogP contribution in [0.25, 0.3) is 18.6 Å². The fraction of sp³-hybridized carbons (Fsp3) is 0.250. The molecule has 0 radical (unpaired) electrons. The number of alkyl halides is 6. The van der Waals surface area contributed by atoms with Crippen molar-refractivity contribution in [3.05, 3.63) is 49.7 Å². The number of hydrogen-bond acceptors (Lipinski definition) is 3. The Hall–Kier alpha value is -2.79. The fourth-order valence-electron chi connectivity index (χ4n) is 1.44. The van der Waals surface area contributed by atoms with Crippen LogP contribution in [0.3, 0.4) is 0 Å². The van der Waals surface area contributed by atoms with E-state index in [9.17, 15) is 40.7 Å². The first-order valence-corrected chi connectivity index (χ1v) is 6.02. The average Bonchev–Trinajstić information content (AvgIpc) is 2.40. The molecule has 1 rings (SSSR count). The van der Waals surface area contributed by atoms with Crippen LogP contribution in [-0.2, 0) is 0 Å². The van der Waals surface area contributed by atoms with Crippen LogP contribution < -0.4 is 17.1 Å². The van der Waals surface area contributed by atoms with Crippen LogP contribution in [0.15, 0.2) is 32.6 Å². The molecule has 0 saturated carbocycles. The van der Waals surface area contributed by atoms with Crippen LogP contribution in [0.4, 0.5) is 26.3 Å². The zero-order valence-electron chi connectivity index (χ0n) is 11.8. The molecule has 1 aromatic rings. The maximum atomic E-state index is 12.2. The number of nitrogens with zero attached hydrogens (tertiary/aromatic N) is 3. The van der Waals surface area contributed by atoms with E-state index in [0.717, 1.165) is 12.3 Å². The summed E-state index contributed by atoms with van der Waals surface area (Å²) >= 11 is 0. The number of hydrogen-bond donors (Lipinski definition) is 0. The van der Waals surface area contributed by atoms with E-state index in [2.05, 4.69) is 0 Å². The minimum Gasteiger partial charge on any atom is -0.247 e. The molecule has 0 spiro atoms. The lowest BCUT2D eigenvalue weighted by Crippen LogP contribution is -2.50. The molecule has 0 aromatic carbocycles. The van der Waals surface area contributed by atoms with Crippen molar-refractivity contribution in [2.45, 2.75) is 19.3 Å². The molecule has 0 unspecified atom stereocenters. The molecule has 1 heterocycles. The minimum absolute atomic E-state index is 0.0159. The van der Waals surface area contributed by atoms with Gasteiger partial charge in [-0.1, -0.05) is 6.08 Å². The van der Waals surface area contributed by atoms with E-state index in [1.165, 1.54) is 6.92 Å². The molecule has 0 aliphatic heterocycles. The highest BCUT2D eigenvalue weighted by atomic mass is 19.4. The Morgan fingerprint density at radius 2 is 0.958 bits per heavy atom. The highest BCUT2D eigenvalue weighted by Crippen LogP contribution is 2.16. The normalized spacial score (nSPS) is 13.6. The van der Waals surface area contributed by atoms with Gasteiger partial charge < -0.3 is 0 Å². The van der Waals surface area contributed by atoms with Gasteiger partial charge in [0.15, 0.2) is 0 Å². The molecule has 0 saturated heterocycles. The molecule has 0 N–H and O–H groups in total. The SMILES string of the molecule is C/C=C/n1c(=O)n(/C=C\C(F)(F)F)c(=O)n(/C=C/C(F)(F)F)c1=O. The van der Waals surface area contributed by atoms with Crippen LogP contribution in [0.5, 0.6) is 0 Å². The van der Waals surface area contributed by atoms with E-state index in [4.69, 9.17) is 0 Å². The van der Waals surface area contributed by atoms with Gasteiger partial charge in [0.1, 0.15) is 0 Å². The van der Waals surface area contributed by atoms with Crippen molar-refractivity contribution in [3.63, 3.8) is 0 Å². The summed E-state index contributed by atoms with van der Waals surface area (Å²) in [5.74, 6) is 0.